The molecular weight excluding hydrogens is 319 g/mol. The molecular formula is C12H12BrFN2O3. The van der Waals surface area contributed by atoms with Crippen molar-refractivity contribution in [2.45, 2.75) is 12.5 Å². The highest BCUT2D eigenvalue weighted by Crippen LogP contribution is 2.19. The molecule has 0 aliphatic heterocycles. The average Bonchev–Trinajstić information content (AvgIpc) is 2.33. The Bertz CT molecular complexity index is 508. The molecule has 0 saturated carbocycles. The van der Waals surface area contributed by atoms with Crippen molar-refractivity contribution in [1.82, 2.24) is 5.32 Å². The maximum Gasteiger partial charge on any atom is 0.326 e. The summed E-state index contributed by atoms with van der Waals surface area (Å²) in [6, 6.07) is 2.17. The second kappa shape index (κ2) is 6.89. The van der Waals surface area contributed by atoms with Crippen LogP contribution < -0.4 is 10.6 Å². The van der Waals surface area contributed by atoms with Gasteiger partial charge in [-0.1, -0.05) is 6.08 Å². The number of urea groups is 1. The molecule has 3 N–H and O–H groups in total. The van der Waals surface area contributed by atoms with E-state index < -0.39 is 23.9 Å². The van der Waals surface area contributed by atoms with E-state index in [1.807, 2.05) is 0 Å². The van der Waals surface area contributed by atoms with Gasteiger partial charge in [0, 0.05) is 5.69 Å². The molecule has 0 aliphatic rings. The molecule has 0 radical (unpaired) electrons. The van der Waals surface area contributed by atoms with Crippen LogP contribution in [0.2, 0.25) is 0 Å². The molecule has 1 unspecified atom stereocenters. The number of halogens is 2. The molecule has 1 aromatic carbocycles. The highest BCUT2D eigenvalue weighted by molar-refractivity contribution is 9.10. The lowest BCUT2D eigenvalue weighted by atomic mass is 10.2. The Morgan fingerprint density at radius 3 is 2.74 bits per heavy atom. The van der Waals surface area contributed by atoms with Gasteiger partial charge in [-0.2, -0.15) is 0 Å². The third-order valence-corrected chi connectivity index (χ3v) is 2.79. The Labute approximate surface area is 117 Å². The van der Waals surface area contributed by atoms with E-state index >= 15 is 0 Å². The normalized spacial score (nSPS) is 11.5. The van der Waals surface area contributed by atoms with Gasteiger partial charge in [-0.15, -0.1) is 6.58 Å². The molecule has 1 rings (SSSR count). The first kappa shape index (κ1) is 15.2. The van der Waals surface area contributed by atoms with Crippen LogP contribution in [0.15, 0.2) is 35.3 Å². The van der Waals surface area contributed by atoms with Crippen LogP contribution in [0, 0.1) is 5.82 Å². The van der Waals surface area contributed by atoms with Gasteiger partial charge in [0.2, 0.25) is 0 Å². The number of hydrogen-bond acceptors (Lipinski definition) is 2. The summed E-state index contributed by atoms with van der Waals surface area (Å²) < 4.78 is 13.2. The summed E-state index contributed by atoms with van der Waals surface area (Å²) in [5.41, 5.74) is 0.341. The van der Waals surface area contributed by atoms with Crippen LogP contribution in [0.5, 0.6) is 0 Å². The van der Waals surface area contributed by atoms with Gasteiger partial charge in [-0.3, -0.25) is 0 Å². The van der Waals surface area contributed by atoms with E-state index in [4.69, 9.17) is 5.11 Å². The number of amides is 2. The fourth-order valence-corrected chi connectivity index (χ4v) is 1.67. The maximum absolute atomic E-state index is 13.0. The molecule has 0 heterocycles. The summed E-state index contributed by atoms with van der Waals surface area (Å²) in [5.74, 6) is -1.61. The number of benzene rings is 1. The van der Waals surface area contributed by atoms with E-state index in [9.17, 15) is 14.0 Å². The largest absolute Gasteiger partial charge is 0.480 e. The molecule has 1 aromatic rings. The Kier molecular flexibility index (Phi) is 5.50. The molecule has 102 valence electrons. The zero-order valence-corrected chi connectivity index (χ0v) is 11.4. The van der Waals surface area contributed by atoms with E-state index in [-0.39, 0.29) is 10.9 Å². The van der Waals surface area contributed by atoms with E-state index in [1.165, 1.54) is 24.3 Å². The first-order valence-electron chi connectivity index (χ1n) is 5.30. The van der Waals surface area contributed by atoms with Gasteiger partial charge in [-0.05, 0) is 40.5 Å². The highest BCUT2D eigenvalue weighted by Gasteiger charge is 2.18. The lowest BCUT2D eigenvalue weighted by molar-refractivity contribution is -0.139. The SMILES string of the molecule is C=CCC(NC(=O)Nc1ccc(F)c(Br)c1)C(=O)O. The van der Waals surface area contributed by atoms with Crippen LogP contribution in [0.4, 0.5) is 14.9 Å². The Balaban J connectivity index is 2.65. The second-order valence-electron chi connectivity index (χ2n) is 3.64. The van der Waals surface area contributed by atoms with E-state index in [1.54, 1.807) is 0 Å². The number of carbonyl (C=O) groups is 2. The summed E-state index contributed by atoms with van der Waals surface area (Å²) in [7, 11) is 0. The first-order chi connectivity index (χ1) is 8.93. The number of anilines is 1. The van der Waals surface area contributed by atoms with Gasteiger partial charge in [-0.25, -0.2) is 14.0 Å². The highest BCUT2D eigenvalue weighted by atomic mass is 79.9. The van der Waals surface area contributed by atoms with Crippen molar-refractivity contribution < 1.29 is 19.1 Å². The van der Waals surface area contributed by atoms with Crippen LogP contribution >= 0.6 is 15.9 Å². The van der Waals surface area contributed by atoms with Crippen molar-refractivity contribution in [3.8, 4) is 0 Å². The fourth-order valence-electron chi connectivity index (χ4n) is 1.29. The predicted molar refractivity (Wildman–Crippen MR) is 72.5 cm³/mol. The second-order valence-corrected chi connectivity index (χ2v) is 4.50. The summed E-state index contributed by atoms with van der Waals surface area (Å²) >= 11 is 2.98. The topological polar surface area (TPSA) is 78.4 Å². The average molecular weight is 331 g/mol. The molecule has 5 nitrogen and oxygen atoms in total. The van der Waals surface area contributed by atoms with E-state index in [0.717, 1.165) is 0 Å². The number of carboxylic acid groups (broad SMARTS) is 1. The van der Waals surface area contributed by atoms with Gasteiger partial charge in [0.25, 0.3) is 0 Å². The molecule has 19 heavy (non-hydrogen) atoms. The van der Waals surface area contributed by atoms with Crippen molar-refractivity contribution in [2.75, 3.05) is 5.32 Å². The van der Waals surface area contributed by atoms with Crippen LogP contribution in [0.3, 0.4) is 0 Å². The molecule has 0 saturated heterocycles. The van der Waals surface area contributed by atoms with Crippen LogP contribution in [-0.4, -0.2) is 23.1 Å². The minimum Gasteiger partial charge on any atom is -0.480 e. The van der Waals surface area contributed by atoms with Crippen molar-refractivity contribution in [3.63, 3.8) is 0 Å². The molecule has 0 spiro atoms. The minimum absolute atomic E-state index is 0.107. The number of aliphatic carboxylic acids is 1. The van der Waals surface area contributed by atoms with Gasteiger partial charge >= 0.3 is 12.0 Å². The molecule has 0 fully saturated rings. The van der Waals surface area contributed by atoms with Gasteiger partial charge in [0.05, 0.1) is 4.47 Å². The molecule has 0 bridgehead atoms. The number of carbonyl (C=O) groups excluding carboxylic acids is 1. The maximum atomic E-state index is 13.0. The number of hydrogen-bond donors (Lipinski definition) is 3. The van der Waals surface area contributed by atoms with Gasteiger partial charge in [0.15, 0.2) is 0 Å². The zero-order chi connectivity index (χ0) is 14.4. The molecule has 1 atom stereocenters. The summed E-state index contributed by atoms with van der Waals surface area (Å²) in [6.07, 6.45) is 1.50. The van der Waals surface area contributed by atoms with Crippen LogP contribution in [0.1, 0.15) is 6.42 Å². The third-order valence-electron chi connectivity index (χ3n) is 2.18. The first-order valence-corrected chi connectivity index (χ1v) is 6.09. The lowest BCUT2D eigenvalue weighted by Gasteiger charge is -2.13. The molecule has 0 aliphatic carbocycles. The molecule has 2 amide bonds. The Morgan fingerprint density at radius 2 is 2.21 bits per heavy atom. The lowest BCUT2D eigenvalue weighted by Crippen LogP contribution is -2.42. The summed E-state index contributed by atoms with van der Waals surface area (Å²) in [5, 5.41) is 13.5. The smallest absolute Gasteiger partial charge is 0.326 e. The molecule has 0 aromatic heterocycles. The molecule has 7 heteroatoms. The van der Waals surface area contributed by atoms with Crippen molar-refractivity contribution in [3.05, 3.63) is 41.1 Å². The summed E-state index contributed by atoms with van der Waals surface area (Å²) in [6.45, 7) is 3.41. The van der Waals surface area contributed by atoms with Gasteiger partial charge < -0.3 is 15.7 Å². The fraction of sp³-hybridized carbons (Fsp3) is 0.167. The van der Waals surface area contributed by atoms with Crippen LogP contribution in [0.25, 0.3) is 0 Å². The van der Waals surface area contributed by atoms with Gasteiger partial charge in [0.1, 0.15) is 11.9 Å². The number of rotatable bonds is 5. The Hall–Kier alpha value is -1.89. The summed E-state index contributed by atoms with van der Waals surface area (Å²) in [4.78, 5) is 22.4. The van der Waals surface area contributed by atoms with Crippen molar-refractivity contribution in [1.29, 1.82) is 0 Å². The minimum atomic E-state index is -1.16. The van der Waals surface area contributed by atoms with Crippen molar-refractivity contribution in [2.24, 2.45) is 0 Å². The predicted octanol–water partition coefficient (Wildman–Crippen LogP) is 2.74. The monoisotopic (exact) mass is 330 g/mol. The number of carboxylic acids is 1. The third kappa shape index (κ3) is 4.70. The quantitative estimate of drug-likeness (QED) is 0.726. The van der Waals surface area contributed by atoms with Crippen molar-refractivity contribution >= 4 is 33.6 Å². The van der Waals surface area contributed by atoms with E-state index in [0.29, 0.717) is 5.69 Å². The number of nitrogens with one attached hydrogen (secondary N) is 2. The zero-order valence-electron chi connectivity index (χ0n) is 9.82. The van der Waals surface area contributed by atoms with E-state index in [2.05, 4.69) is 33.1 Å². The Morgan fingerprint density at radius 1 is 1.53 bits per heavy atom. The standard InChI is InChI=1S/C12H12BrFN2O3/c1-2-3-10(11(17)18)16-12(19)15-7-4-5-9(14)8(13)6-7/h2,4-6,10H,1,3H2,(H,17,18)(H2,15,16,19). The van der Waals surface area contributed by atoms with Crippen LogP contribution in [-0.2, 0) is 4.79 Å².